The van der Waals surface area contributed by atoms with Crippen molar-refractivity contribution >= 4 is 5.78 Å². The molecule has 1 aromatic carbocycles. The van der Waals surface area contributed by atoms with E-state index in [9.17, 15) is 4.79 Å². The van der Waals surface area contributed by atoms with Crippen molar-refractivity contribution in [2.45, 2.75) is 51.5 Å². The molecule has 1 aromatic rings. The van der Waals surface area contributed by atoms with Crippen LogP contribution in [0.1, 0.15) is 61.9 Å². The number of carbonyl (C=O) groups is 1. The first kappa shape index (κ1) is 13.3. The van der Waals surface area contributed by atoms with E-state index in [0.29, 0.717) is 12.5 Å². The lowest BCUT2D eigenvalue weighted by molar-refractivity contribution is 0.0980. The third-order valence-electron chi connectivity index (χ3n) is 3.59. The van der Waals surface area contributed by atoms with E-state index in [4.69, 9.17) is 0 Å². The minimum Gasteiger partial charge on any atom is -0.305 e. The first-order chi connectivity index (χ1) is 8.47. The van der Waals surface area contributed by atoms with Gasteiger partial charge in [-0.25, -0.2) is 0 Å². The summed E-state index contributed by atoms with van der Waals surface area (Å²) in [4.78, 5) is 12.3. The summed E-state index contributed by atoms with van der Waals surface area (Å²) in [6.07, 6.45) is 3.77. The molecule has 0 atom stereocenters. The van der Waals surface area contributed by atoms with Gasteiger partial charge < -0.3 is 5.32 Å². The fraction of sp³-hybridized carbons (Fsp3) is 0.562. The Morgan fingerprint density at radius 2 is 1.94 bits per heavy atom. The predicted molar refractivity (Wildman–Crippen MR) is 75.1 cm³/mol. The minimum absolute atomic E-state index is 0.0128. The largest absolute Gasteiger partial charge is 0.305 e. The van der Waals surface area contributed by atoms with Gasteiger partial charge in [0.2, 0.25) is 0 Å². The zero-order valence-corrected chi connectivity index (χ0v) is 11.6. The quantitative estimate of drug-likeness (QED) is 0.822. The Morgan fingerprint density at radius 3 is 2.50 bits per heavy atom. The molecule has 1 aliphatic rings. The van der Waals surface area contributed by atoms with Gasteiger partial charge in [0.05, 0.1) is 6.54 Å². The molecule has 1 fully saturated rings. The number of rotatable bonds is 4. The van der Waals surface area contributed by atoms with Crippen LogP contribution in [-0.2, 0) is 0 Å². The molecule has 98 valence electrons. The highest BCUT2D eigenvalue weighted by Crippen LogP contribution is 2.37. The second kappa shape index (κ2) is 5.23. The molecule has 1 N–H and O–H groups in total. The van der Waals surface area contributed by atoms with Gasteiger partial charge in [0, 0.05) is 11.1 Å². The Morgan fingerprint density at radius 1 is 1.28 bits per heavy atom. The molecule has 1 saturated carbocycles. The molecule has 0 spiro atoms. The molecular weight excluding hydrogens is 222 g/mol. The average molecular weight is 245 g/mol. The highest BCUT2D eigenvalue weighted by molar-refractivity contribution is 5.99. The van der Waals surface area contributed by atoms with Crippen LogP contribution >= 0.6 is 0 Å². The van der Waals surface area contributed by atoms with Crippen LogP contribution in [0.15, 0.2) is 24.3 Å². The smallest absolute Gasteiger partial charge is 0.176 e. The maximum absolute atomic E-state index is 12.3. The molecule has 2 nitrogen and oxygen atoms in total. The summed E-state index contributed by atoms with van der Waals surface area (Å²) in [6.45, 7) is 6.67. The molecular formula is C16H23NO. The van der Waals surface area contributed by atoms with Gasteiger partial charge >= 0.3 is 0 Å². The second-order valence-corrected chi connectivity index (χ2v) is 6.24. The summed E-state index contributed by atoms with van der Waals surface area (Å²) in [6, 6.07) is 8.10. The maximum atomic E-state index is 12.3. The van der Waals surface area contributed by atoms with E-state index in [1.807, 2.05) is 18.2 Å². The van der Waals surface area contributed by atoms with Crippen molar-refractivity contribution in [3.05, 3.63) is 35.4 Å². The van der Waals surface area contributed by atoms with Gasteiger partial charge in [-0.1, -0.05) is 30.7 Å². The molecule has 0 aromatic heterocycles. The van der Waals surface area contributed by atoms with Gasteiger partial charge in [0.25, 0.3) is 0 Å². The van der Waals surface area contributed by atoms with Gasteiger partial charge in [-0.15, -0.1) is 0 Å². The molecule has 0 radical (unpaired) electrons. The van der Waals surface area contributed by atoms with Crippen LogP contribution in [0.5, 0.6) is 0 Å². The normalized spacial score (nSPS) is 16.4. The average Bonchev–Trinajstić information content (AvgIpc) is 2.23. The van der Waals surface area contributed by atoms with Gasteiger partial charge in [-0.3, -0.25) is 4.79 Å². The lowest BCUT2D eigenvalue weighted by atomic mass is 9.77. The number of hydrogen-bond acceptors (Lipinski definition) is 2. The predicted octanol–water partition coefficient (Wildman–Crippen LogP) is 3.52. The molecule has 2 rings (SSSR count). The van der Waals surface area contributed by atoms with Crippen molar-refractivity contribution in [2.24, 2.45) is 0 Å². The molecule has 2 heteroatoms. The summed E-state index contributed by atoms with van der Waals surface area (Å²) in [7, 11) is 0. The first-order valence-corrected chi connectivity index (χ1v) is 6.84. The third-order valence-corrected chi connectivity index (χ3v) is 3.59. The molecule has 0 saturated heterocycles. The van der Waals surface area contributed by atoms with Crippen LogP contribution in [0.4, 0.5) is 0 Å². The summed E-state index contributed by atoms with van der Waals surface area (Å²) >= 11 is 0. The van der Waals surface area contributed by atoms with Crippen molar-refractivity contribution in [3.8, 4) is 0 Å². The van der Waals surface area contributed by atoms with Crippen LogP contribution in [-0.4, -0.2) is 17.9 Å². The number of ketones is 1. The molecule has 0 amide bonds. The fourth-order valence-electron chi connectivity index (χ4n) is 2.27. The number of nitrogens with one attached hydrogen (secondary N) is 1. The van der Waals surface area contributed by atoms with Crippen LogP contribution in [0, 0.1) is 0 Å². The topological polar surface area (TPSA) is 29.1 Å². The Labute approximate surface area is 110 Å². The number of Topliss-reactive ketones (excluding diaryl/α,β-unsaturated/α-hetero) is 1. The number of benzene rings is 1. The first-order valence-electron chi connectivity index (χ1n) is 6.84. The van der Waals surface area contributed by atoms with Gasteiger partial charge in [0.15, 0.2) is 5.78 Å². The Hall–Kier alpha value is -1.15. The summed E-state index contributed by atoms with van der Waals surface area (Å²) in [5.74, 6) is 0.826. The van der Waals surface area contributed by atoms with Crippen LogP contribution in [0.2, 0.25) is 0 Å². The summed E-state index contributed by atoms with van der Waals surface area (Å²) in [5, 5.41) is 3.27. The number of hydrogen-bond donors (Lipinski definition) is 1. The lowest BCUT2D eigenvalue weighted by Gasteiger charge is -2.28. The Kier molecular flexibility index (Phi) is 3.86. The van der Waals surface area contributed by atoms with Crippen molar-refractivity contribution < 1.29 is 4.79 Å². The van der Waals surface area contributed by atoms with Crippen molar-refractivity contribution in [2.75, 3.05) is 6.54 Å². The van der Waals surface area contributed by atoms with Crippen molar-refractivity contribution in [3.63, 3.8) is 0 Å². The molecule has 0 unspecified atom stereocenters. The van der Waals surface area contributed by atoms with E-state index in [1.165, 1.54) is 24.8 Å². The summed E-state index contributed by atoms with van der Waals surface area (Å²) in [5.41, 5.74) is 2.16. The highest BCUT2D eigenvalue weighted by atomic mass is 16.1. The molecule has 18 heavy (non-hydrogen) atoms. The maximum Gasteiger partial charge on any atom is 0.176 e. The SMILES string of the molecule is CC(C)(C)NCC(=O)c1ccccc1C1CCC1. The van der Waals surface area contributed by atoms with Crippen molar-refractivity contribution in [1.82, 2.24) is 5.32 Å². The third kappa shape index (κ3) is 3.20. The van der Waals surface area contributed by atoms with E-state index >= 15 is 0 Å². The summed E-state index contributed by atoms with van der Waals surface area (Å²) < 4.78 is 0. The minimum atomic E-state index is -0.0128. The highest BCUT2D eigenvalue weighted by Gasteiger charge is 2.24. The van der Waals surface area contributed by atoms with E-state index in [-0.39, 0.29) is 11.3 Å². The van der Waals surface area contributed by atoms with Gasteiger partial charge in [0.1, 0.15) is 0 Å². The Balaban J connectivity index is 2.09. The van der Waals surface area contributed by atoms with Crippen LogP contribution in [0.25, 0.3) is 0 Å². The lowest BCUT2D eigenvalue weighted by Crippen LogP contribution is -2.39. The van der Waals surface area contributed by atoms with Crippen LogP contribution < -0.4 is 5.32 Å². The molecule has 1 aliphatic carbocycles. The van der Waals surface area contributed by atoms with Gasteiger partial charge in [-0.2, -0.15) is 0 Å². The zero-order valence-electron chi connectivity index (χ0n) is 11.6. The monoisotopic (exact) mass is 245 g/mol. The molecule has 0 bridgehead atoms. The van der Waals surface area contributed by atoms with E-state index in [2.05, 4.69) is 32.2 Å². The zero-order chi connectivity index (χ0) is 13.2. The van der Waals surface area contributed by atoms with Gasteiger partial charge in [-0.05, 0) is 45.1 Å². The number of carbonyl (C=O) groups excluding carboxylic acids is 1. The molecule has 0 aliphatic heterocycles. The van der Waals surface area contributed by atoms with E-state index in [1.54, 1.807) is 0 Å². The van der Waals surface area contributed by atoms with E-state index in [0.717, 1.165) is 5.56 Å². The standard InChI is InChI=1S/C16H23NO/c1-16(2,3)17-11-15(18)14-10-5-4-9-13(14)12-7-6-8-12/h4-5,9-10,12,17H,6-8,11H2,1-3H3. The second-order valence-electron chi connectivity index (χ2n) is 6.24. The fourth-order valence-corrected chi connectivity index (χ4v) is 2.27. The van der Waals surface area contributed by atoms with Crippen LogP contribution in [0.3, 0.4) is 0 Å². The van der Waals surface area contributed by atoms with Crippen molar-refractivity contribution in [1.29, 1.82) is 0 Å². The van der Waals surface area contributed by atoms with E-state index < -0.39 is 0 Å². The Bertz CT molecular complexity index is 427. The molecule has 0 heterocycles.